The summed E-state index contributed by atoms with van der Waals surface area (Å²) in [5.74, 6) is 0.275. The molecule has 1 saturated heterocycles. The number of hydrogen-bond acceptors (Lipinski definition) is 5. The summed E-state index contributed by atoms with van der Waals surface area (Å²) in [7, 11) is -3.67. The van der Waals surface area contributed by atoms with Gasteiger partial charge in [0.15, 0.2) is 0 Å². The second-order valence-electron chi connectivity index (χ2n) is 5.77. The van der Waals surface area contributed by atoms with Crippen molar-refractivity contribution < 1.29 is 22.4 Å². The molecule has 1 aromatic heterocycles. The van der Waals surface area contributed by atoms with Gasteiger partial charge in [-0.05, 0) is 49.2 Å². The normalized spacial score (nSPS) is 17.5. The molecule has 3 rings (SSSR count). The number of benzene rings is 1. The Hall–Kier alpha value is -2.16. The van der Waals surface area contributed by atoms with Crippen molar-refractivity contribution in [3.8, 4) is 0 Å². The predicted octanol–water partition coefficient (Wildman–Crippen LogP) is 1.67. The Kier molecular flexibility index (Phi) is 5.52. The molecule has 7 nitrogen and oxygen atoms in total. The van der Waals surface area contributed by atoms with Gasteiger partial charge in [0.25, 0.3) is 5.91 Å². The van der Waals surface area contributed by atoms with Crippen LogP contribution in [0.4, 0.5) is 0 Å². The fraction of sp³-hybridized carbons (Fsp3) is 0.353. The molecule has 0 aliphatic carbocycles. The predicted molar refractivity (Wildman–Crippen MR) is 90.5 cm³/mol. The average Bonchev–Trinajstić information content (AvgIpc) is 3.31. The monoisotopic (exact) mass is 364 g/mol. The molecule has 2 heterocycles. The van der Waals surface area contributed by atoms with Gasteiger partial charge in [0, 0.05) is 18.7 Å². The maximum absolute atomic E-state index is 12.2. The zero-order valence-electron chi connectivity index (χ0n) is 13.6. The summed E-state index contributed by atoms with van der Waals surface area (Å²) in [5, 5.41) is 2.80. The summed E-state index contributed by atoms with van der Waals surface area (Å²) in [5.41, 5.74) is 0.406. The molecule has 2 N–H and O–H groups in total. The van der Waals surface area contributed by atoms with Crippen LogP contribution in [0.15, 0.2) is 52.0 Å². The maximum atomic E-state index is 12.2. The SMILES string of the molecule is O=C(NC[C@H]1CCCO1)c1ccc(S(=O)(=O)NCc2ccco2)cc1. The molecule has 1 atom stereocenters. The van der Waals surface area contributed by atoms with Gasteiger partial charge in [-0.15, -0.1) is 0 Å². The summed E-state index contributed by atoms with van der Waals surface area (Å²) >= 11 is 0. The Morgan fingerprint density at radius 2 is 2.00 bits per heavy atom. The Balaban J connectivity index is 1.57. The molecule has 0 saturated carbocycles. The number of carbonyl (C=O) groups is 1. The average molecular weight is 364 g/mol. The Morgan fingerprint density at radius 3 is 2.64 bits per heavy atom. The molecule has 1 aliphatic heterocycles. The van der Waals surface area contributed by atoms with E-state index in [9.17, 15) is 13.2 Å². The minimum atomic E-state index is -3.67. The van der Waals surface area contributed by atoms with Crippen LogP contribution in [0.3, 0.4) is 0 Å². The lowest BCUT2D eigenvalue weighted by atomic mass is 10.2. The van der Waals surface area contributed by atoms with Gasteiger partial charge in [-0.1, -0.05) is 0 Å². The second-order valence-corrected chi connectivity index (χ2v) is 7.54. The van der Waals surface area contributed by atoms with Crippen molar-refractivity contribution in [1.29, 1.82) is 0 Å². The van der Waals surface area contributed by atoms with Gasteiger partial charge < -0.3 is 14.5 Å². The summed E-state index contributed by atoms with van der Waals surface area (Å²) in [6.45, 7) is 1.26. The Labute approximate surface area is 146 Å². The first-order valence-electron chi connectivity index (χ1n) is 8.06. The molecule has 0 radical (unpaired) electrons. The molecule has 0 spiro atoms. The number of sulfonamides is 1. The Bertz CT molecular complexity index is 794. The second kappa shape index (κ2) is 7.81. The third-order valence-corrected chi connectivity index (χ3v) is 5.37. The minimum absolute atomic E-state index is 0.0643. The highest BCUT2D eigenvalue weighted by Crippen LogP contribution is 2.13. The first-order valence-corrected chi connectivity index (χ1v) is 9.55. The molecule has 0 unspecified atom stereocenters. The first-order chi connectivity index (χ1) is 12.0. The van der Waals surface area contributed by atoms with Crippen LogP contribution in [-0.2, 0) is 21.3 Å². The van der Waals surface area contributed by atoms with Gasteiger partial charge in [0.1, 0.15) is 5.76 Å². The molecule has 1 amide bonds. The van der Waals surface area contributed by atoms with Gasteiger partial charge in [-0.3, -0.25) is 4.79 Å². The van der Waals surface area contributed by atoms with E-state index in [4.69, 9.17) is 9.15 Å². The van der Waals surface area contributed by atoms with E-state index in [2.05, 4.69) is 10.0 Å². The van der Waals surface area contributed by atoms with Crippen LogP contribution in [0.1, 0.15) is 29.0 Å². The molecule has 1 fully saturated rings. The van der Waals surface area contributed by atoms with Crippen molar-refractivity contribution in [1.82, 2.24) is 10.0 Å². The highest BCUT2D eigenvalue weighted by Gasteiger charge is 2.18. The van der Waals surface area contributed by atoms with Crippen molar-refractivity contribution in [2.24, 2.45) is 0 Å². The Morgan fingerprint density at radius 1 is 1.20 bits per heavy atom. The number of hydrogen-bond donors (Lipinski definition) is 2. The standard InChI is InChI=1S/C17H20N2O5S/c20-17(18-11-14-3-1-9-23-14)13-5-7-16(8-6-13)25(21,22)19-12-15-4-2-10-24-15/h2,4-8,10,14,19H,1,3,9,11-12H2,(H,18,20)/t14-/m1/s1. The van der Waals surface area contributed by atoms with E-state index < -0.39 is 10.0 Å². The summed E-state index contributed by atoms with van der Waals surface area (Å²) < 4.78 is 37.5. The van der Waals surface area contributed by atoms with E-state index in [1.54, 1.807) is 12.1 Å². The van der Waals surface area contributed by atoms with Gasteiger partial charge in [-0.25, -0.2) is 13.1 Å². The largest absolute Gasteiger partial charge is 0.468 e. The van der Waals surface area contributed by atoms with Crippen LogP contribution in [0.2, 0.25) is 0 Å². The summed E-state index contributed by atoms with van der Waals surface area (Å²) in [4.78, 5) is 12.2. The van der Waals surface area contributed by atoms with E-state index in [1.165, 1.54) is 30.5 Å². The van der Waals surface area contributed by atoms with Crippen molar-refractivity contribution in [2.45, 2.75) is 30.4 Å². The molecular weight excluding hydrogens is 344 g/mol. The van der Waals surface area contributed by atoms with E-state index in [1.807, 2.05) is 0 Å². The quantitative estimate of drug-likeness (QED) is 0.779. The molecule has 8 heteroatoms. The van der Waals surface area contributed by atoms with Crippen LogP contribution < -0.4 is 10.0 Å². The molecule has 25 heavy (non-hydrogen) atoms. The molecule has 0 bridgehead atoms. The lowest BCUT2D eigenvalue weighted by molar-refractivity contribution is 0.0857. The third kappa shape index (κ3) is 4.68. The van der Waals surface area contributed by atoms with Crippen molar-refractivity contribution in [3.05, 3.63) is 54.0 Å². The lowest BCUT2D eigenvalue weighted by Gasteiger charge is -2.11. The highest BCUT2D eigenvalue weighted by atomic mass is 32.2. The van der Waals surface area contributed by atoms with E-state index in [0.29, 0.717) is 17.9 Å². The van der Waals surface area contributed by atoms with Gasteiger partial charge in [0.2, 0.25) is 10.0 Å². The molecule has 2 aromatic rings. The van der Waals surface area contributed by atoms with E-state index in [0.717, 1.165) is 19.4 Å². The van der Waals surface area contributed by atoms with E-state index >= 15 is 0 Å². The lowest BCUT2D eigenvalue weighted by Crippen LogP contribution is -2.31. The zero-order valence-corrected chi connectivity index (χ0v) is 14.4. The number of nitrogens with one attached hydrogen (secondary N) is 2. The van der Waals surface area contributed by atoms with Crippen molar-refractivity contribution >= 4 is 15.9 Å². The van der Waals surface area contributed by atoms with Gasteiger partial charge in [0.05, 0.1) is 23.8 Å². The number of carbonyl (C=O) groups excluding carboxylic acids is 1. The van der Waals surface area contributed by atoms with Crippen LogP contribution in [-0.4, -0.2) is 33.6 Å². The highest BCUT2D eigenvalue weighted by molar-refractivity contribution is 7.89. The number of ether oxygens (including phenoxy) is 1. The fourth-order valence-electron chi connectivity index (χ4n) is 2.56. The van der Waals surface area contributed by atoms with Gasteiger partial charge >= 0.3 is 0 Å². The van der Waals surface area contributed by atoms with Crippen LogP contribution in [0, 0.1) is 0 Å². The first kappa shape index (κ1) is 17.7. The van der Waals surface area contributed by atoms with Crippen LogP contribution in [0.25, 0.3) is 0 Å². The third-order valence-electron chi connectivity index (χ3n) is 3.96. The van der Waals surface area contributed by atoms with Crippen LogP contribution >= 0.6 is 0 Å². The van der Waals surface area contributed by atoms with Crippen LogP contribution in [0.5, 0.6) is 0 Å². The summed E-state index contributed by atoms with van der Waals surface area (Å²) in [6, 6.07) is 9.17. The van der Waals surface area contributed by atoms with E-state index in [-0.39, 0.29) is 23.5 Å². The number of amides is 1. The van der Waals surface area contributed by atoms with Crippen molar-refractivity contribution in [3.63, 3.8) is 0 Å². The molecule has 1 aromatic carbocycles. The molecular formula is C17H20N2O5S. The smallest absolute Gasteiger partial charge is 0.251 e. The molecule has 1 aliphatic rings. The van der Waals surface area contributed by atoms with Crippen molar-refractivity contribution in [2.75, 3.05) is 13.2 Å². The maximum Gasteiger partial charge on any atom is 0.251 e. The number of rotatable bonds is 7. The number of furan rings is 1. The fourth-order valence-corrected chi connectivity index (χ4v) is 3.56. The van der Waals surface area contributed by atoms with Gasteiger partial charge in [-0.2, -0.15) is 0 Å². The zero-order chi connectivity index (χ0) is 17.7. The minimum Gasteiger partial charge on any atom is -0.468 e. The molecule has 134 valence electrons. The topological polar surface area (TPSA) is 97.6 Å². The summed E-state index contributed by atoms with van der Waals surface area (Å²) in [6.07, 6.45) is 3.50.